The molecule has 138 valence electrons. The molecule has 0 radical (unpaired) electrons. The zero-order chi connectivity index (χ0) is 18.5. The van der Waals surface area contributed by atoms with Crippen LogP contribution in [0.4, 0.5) is 4.39 Å². The number of halogens is 1. The van der Waals surface area contributed by atoms with Gasteiger partial charge in [-0.2, -0.15) is 0 Å². The number of nitrogens with zero attached hydrogens (tertiary/aromatic N) is 3. The summed E-state index contributed by atoms with van der Waals surface area (Å²) in [7, 11) is 0. The smallest absolute Gasteiger partial charge is 0.259 e. The lowest BCUT2D eigenvalue weighted by Gasteiger charge is -2.21. The molecule has 4 aromatic rings. The molecule has 0 saturated carbocycles. The lowest BCUT2D eigenvalue weighted by Crippen LogP contribution is -2.26. The largest absolute Gasteiger partial charge is 0.317 e. The van der Waals surface area contributed by atoms with Gasteiger partial charge in [0.2, 0.25) is 0 Å². The van der Waals surface area contributed by atoms with Crippen LogP contribution in [-0.2, 0) is 0 Å². The lowest BCUT2D eigenvalue weighted by atomic mass is 9.96. The van der Waals surface area contributed by atoms with Crippen molar-refractivity contribution in [2.75, 3.05) is 13.1 Å². The van der Waals surface area contributed by atoms with Crippen LogP contribution in [0.3, 0.4) is 0 Å². The Hall–Kier alpha value is -2.58. The molecule has 5 rings (SSSR count). The molecular formula is C19H18FN5OS. The van der Waals surface area contributed by atoms with E-state index in [-0.39, 0.29) is 11.2 Å². The van der Waals surface area contributed by atoms with Gasteiger partial charge in [0.25, 0.3) is 5.56 Å². The van der Waals surface area contributed by atoms with Crippen molar-refractivity contribution >= 4 is 27.2 Å². The standard InChI is InChI=1S/C19H18FN5OS/c1-10-8-25-9-12(6-14(20)17(25)22-10)16-23-18(26)13-7-15(27-19(13)24-16)11-2-4-21-5-3-11/h6-9,11,21H,2-5H2,1H3,(H,23,24,26). The molecule has 0 bridgehead atoms. The fraction of sp³-hybridized carbons (Fsp3) is 0.316. The predicted molar refractivity (Wildman–Crippen MR) is 104 cm³/mol. The van der Waals surface area contributed by atoms with Gasteiger partial charge >= 0.3 is 0 Å². The number of aryl methyl sites for hydroxylation is 1. The van der Waals surface area contributed by atoms with Gasteiger partial charge in [-0.25, -0.2) is 14.4 Å². The molecule has 5 heterocycles. The zero-order valence-electron chi connectivity index (χ0n) is 14.8. The third-order valence-corrected chi connectivity index (χ3v) is 6.25. The number of H-pyrrole nitrogens is 1. The fourth-order valence-electron chi connectivity index (χ4n) is 3.70. The van der Waals surface area contributed by atoms with Gasteiger partial charge in [0.05, 0.1) is 11.1 Å². The Kier molecular flexibility index (Phi) is 3.84. The Morgan fingerprint density at radius 3 is 2.85 bits per heavy atom. The van der Waals surface area contributed by atoms with Gasteiger partial charge in [-0.1, -0.05) is 0 Å². The Morgan fingerprint density at radius 1 is 1.22 bits per heavy atom. The summed E-state index contributed by atoms with van der Waals surface area (Å²) in [4.78, 5) is 26.1. The van der Waals surface area contributed by atoms with Gasteiger partial charge in [-0.3, -0.25) is 4.79 Å². The van der Waals surface area contributed by atoms with Crippen molar-refractivity contribution in [3.63, 3.8) is 0 Å². The normalized spacial score (nSPS) is 15.8. The SMILES string of the molecule is Cc1cn2cc(-c3nc4sc(C5CCNCC5)cc4c(=O)[nH]3)cc(F)c2n1. The van der Waals surface area contributed by atoms with E-state index in [1.54, 1.807) is 28.1 Å². The number of aromatic nitrogens is 4. The Labute approximate surface area is 158 Å². The number of nitrogens with one attached hydrogen (secondary N) is 2. The van der Waals surface area contributed by atoms with Crippen molar-refractivity contribution in [1.82, 2.24) is 24.7 Å². The highest BCUT2D eigenvalue weighted by molar-refractivity contribution is 7.18. The van der Waals surface area contributed by atoms with Crippen molar-refractivity contribution in [2.24, 2.45) is 0 Å². The zero-order valence-corrected chi connectivity index (χ0v) is 15.6. The number of piperidine rings is 1. The number of aromatic amines is 1. The minimum Gasteiger partial charge on any atom is -0.317 e. The highest BCUT2D eigenvalue weighted by Gasteiger charge is 2.20. The van der Waals surface area contributed by atoms with Crippen LogP contribution in [0.25, 0.3) is 27.3 Å². The van der Waals surface area contributed by atoms with Gasteiger partial charge in [0.15, 0.2) is 11.5 Å². The fourth-order valence-corrected chi connectivity index (χ4v) is 4.90. The summed E-state index contributed by atoms with van der Waals surface area (Å²) in [5, 5.41) is 3.97. The molecule has 0 unspecified atom stereocenters. The van der Waals surface area contributed by atoms with Crippen LogP contribution in [0.2, 0.25) is 0 Å². The third kappa shape index (κ3) is 2.85. The quantitative estimate of drug-likeness (QED) is 0.557. The van der Waals surface area contributed by atoms with E-state index in [1.807, 2.05) is 13.0 Å². The van der Waals surface area contributed by atoms with E-state index in [9.17, 15) is 9.18 Å². The molecule has 0 spiro atoms. The number of pyridine rings is 1. The van der Waals surface area contributed by atoms with Gasteiger partial charge < -0.3 is 14.7 Å². The van der Waals surface area contributed by atoms with Crippen molar-refractivity contribution in [3.05, 3.63) is 51.3 Å². The summed E-state index contributed by atoms with van der Waals surface area (Å²) in [6, 6.07) is 3.34. The Morgan fingerprint density at radius 2 is 2.04 bits per heavy atom. The van der Waals surface area contributed by atoms with Crippen LogP contribution in [-0.4, -0.2) is 32.4 Å². The molecule has 4 aromatic heterocycles. The number of imidazole rings is 1. The molecule has 2 N–H and O–H groups in total. The van der Waals surface area contributed by atoms with E-state index in [0.29, 0.717) is 27.5 Å². The summed E-state index contributed by atoms with van der Waals surface area (Å²) in [5.74, 6) is 0.402. The number of thiophene rings is 1. The lowest BCUT2D eigenvalue weighted by molar-refractivity contribution is 0.465. The second-order valence-corrected chi connectivity index (χ2v) is 8.06. The van der Waals surface area contributed by atoms with Crippen LogP contribution in [0.15, 0.2) is 29.3 Å². The van der Waals surface area contributed by atoms with E-state index >= 15 is 0 Å². The summed E-state index contributed by atoms with van der Waals surface area (Å²) in [6.07, 6.45) is 5.63. The molecule has 1 aliphatic heterocycles. The molecule has 0 aliphatic carbocycles. The molecule has 1 fully saturated rings. The molecular weight excluding hydrogens is 365 g/mol. The minimum absolute atomic E-state index is 0.186. The first-order chi connectivity index (χ1) is 13.1. The van der Waals surface area contributed by atoms with Crippen molar-refractivity contribution in [1.29, 1.82) is 0 Å². The maximum atomic E-state index is 14.4. The molecule has 8 heteroatoms. The summed E-state index contributed by atoms with van der Waals surface area (Å²) in [6.45, 7) is 3.81. The first kappa shape index (κ1) is 16.6. The maximum Gasteiger partial charge on any atom is 0.259 e. The Balaban J connectivity index is 1.62. The minimum atomic E-state index is -0.440. The van der Waals surface area contributed by atoms with E-state index in [4.69, 9.17) is 0 Å². The molecule has 27 heavy (non-hydrogen) atoms. The Bertz CT molecular complexity index is 1220. The molecule has 0 amide bonds. The summed E-state index contributed by atoms with van der Waals surface area (Å²) < 4.78 is 16.0. The van der Waals surface area contributed by atoms with E-state index < -0.39 is 5.82 Å². The number of fused-ring (bicyclic) bond motifs is 2. The average Bonchev–Trinajstić information content (AvgIpc) is 3.26. The number of rotatable bonds is 2. The van der Waals surface area contributed by atoms with Crippen LogP contribution in [0.1, 0.15) is 29.3 Å². The molecule has 1 saturated heterocycles. The van der Waals surface area contributed by atoms with E-state index in [1.165, 1.54) is 10.9 Å². The predicted octanol–water partition coefficient (Wildman–Crippen LogP) is 3.21. The van der Waals surface area contributed by atoms with Crippen LogP contribution in [0.5, 0.6) is 0 Å². The van der Waals surface area contributed by atoms with Crippen LogP contribution in [0, 0.1) is 12.7 Å². The second kappa shape index (κ2) is 6.24. The topological polar surface area (TPSA) is 75.1 Å². The summed E-state index contributed by atoms with van der Waals surface area (Å²) >= 11 is 1.57. The first-order valence-corrected chi connectivity index (χ1v) is 9.80. The number of hydrogen-bond donors (Lipinski definition) is 2. The highest BCUT2D eigenvalue weighted by Crippen LogP contribution is 2.33. The molecule has 6 nitrogen and oxygen atoms in total. The maximum absolute atomic E-state index is 14.4. The van der Waals surface area contributed by atoms with Crippen molar-refractivity contribution in [3.8, 4) is 11.4 Å². The number of hydrogen-bond acceptors (Lipinski definition) is 5. The van der Waals surface area contributed by atoms with Gasteiger partial charge in [0.1, 0.15) is 10.7 Å². The molecule has 0 atom stereocenters. The van der Waals surface area contributed by atoms with Crippen molar-refractivity contribution < 1.29 is 4.39 Å². The van der Waals surface area contributed by atoms with Crippen LogP contribution >= 0.6 is 11.3 Å². The van der Waals surface area contributed by atoms with Gasteiger partial charge in [-0.15, -0.1) is 11.3 Å². The monoisotopic (exact) mass is 383 g/mol. The highest BCUT2D eigenvalue weighted by atomic mass is 32.1. The second-order valence-electron chi connectivity index (χ2n) is 7.00. The molecule has 1 aliphatic rings. The van der Waals surface area contributed by atoms with E-state index in [2.05, 4.69) is 20.3 Å². The molecule has 0 aromatic carbocycles. The van der Waals surface area contributed by atoms with Gasteiger partial charge in [-0.05, 0) is 50.9 Å². The van der Waals surface area contributed by atoms with Crippen LogP contribution < -0.4 is 10.9 Å². The third-order valence-electron chi connectivity index (χ3n) is 5.06. The summed E-state index contributed by atoms with van der Waals surface area (Å²) in [5.41, 5.74) is 1.33. The van der Waals surface area contributed by atoms with E-state index in [0.717, 1.165) is 31.6 Å². The first-order valence-electron chi connectivity index (χ1n) is 8.98. The average molecular weight is 383 g/mol. The van der Waals surface area contributed by atoms with Gasteiger partial charge in [0, 0.05) is 22.8 Å². The van der Waals surface area contributed by atoms with Crippen molar-refractivity contribution in [2.45, 2.75) is 25.7 Å².